The first-order chi connectivity index (χ1) is 3.60. The molecule has 3 N–H and O–H groups in total. The predicted octanol–water partition coefficient (Wildman–Crippen LogP) is -0.559. The van der Waals surface area contributed by atoms with E-state index in [4.69, 9.17) is 10.5 Å². The normalized spacial score (nSPS) is 35.6. The van der Waals surface area contributed by atoms with Gasteiger partial charge in [-0.05, 0) is 13.8 Å². The summed E-state index contributed by atoms with van der Waals surface area (Å²) in [5.74, 6) is 0. The van der Waals surface area contributed by atoms with Crippen molar-refractivity contribution >= 4 is 0 Å². The first-order valence-corrected chi connectivity index (χ1v) is 2.62. The number of nitrogens with two attached hydrogens (primary N) is 1. The minimum absolute atomic E-state index is 0.320. The summed E-state index contributed by atoms with van der Waals surface area (Å²) in [5, 5.41) is 2.90. The number of rotatable bonds is 0. The molecule has 1 rings (SSSR count). The first-order valence-electron chi connectivity index (χ1n) is 2.62. The van der Waals surface area contributed by atoms with Gasteiger partial charge in [-0.15, -0.1) is 0 Å². The van der Waals surface area contributed by atoms with Crippen LogP contribution in [0.2, 0.25) is 0 Å². The van der Waals surface area contributed by atoms with Gasteiger partial charge in [0.2, 0.25) is 0 Å². The summed E-state index contributed by atoms with van der Waals surface area (Å²) >= 11 is 0. The number of nitrogens with one attached hydrogen (secondary N) is 1. The molecule has 1 saturated heterocycles. The lowest BCUT2D eigenvalue weighted by Gasteiger charge is -2.14. The molecule has 3 heteroatoms. The Morgan fingerprint density at radius 1 is 2.00 bits per heavy atom. The lowest BCUT2D eigenvalue weighted by molar-refractivity contribution is 0.00624. The zero-order chi connectivity index (χ0) is 6.20. The van der Waals surface area contributed by atoms with E-state index in [9.17, 15) is 0 Å². The lowest BCUT2D eigenvalue weighted by atomic mass is 10.1. The van der Waals surface area contributed by atoms with Gasteiger partial charge in [0.05, 0.1) is 5.60 Å². The monoisotopic (exact) mass is 115 g/mol. The van der Waals surface area contributed by atoms with Gasteiger partial charge in [0.1, 0.15) is 0 Å². The van der Waals surface area contributed by atoms with Gasteiger partial charge in [-0.1, -0.05) is 0 Å². The van der Waals surface area contributed by atoms with Crippen molar-refractivity contribution < 1.29 is 4.74 Å². The molecule has 47 valence electrons. The SMILES string of the molecule is [CH2]C1(C)CNC(N)O1. The third-order valence-corrected chi connectivity index (χ3v) is 1.09. The Kier molecular flexibility index (Phi) is 1.27. The van der Waals surface area contributed by atoms with Crippen LogP contribution < -0.4 is 11.1 Å². The van der Waals surface area contributed by atoms with Crippen molar-refractivity contribution in [2.45, 2.75) is 18.9 Å². The minimum atomic E-state index is -0.322. The van der Waals surface area contributed by atoms with Crippen molar-refractivity contribution in [3.05, 3.63) is 6.92 Å². The third-order valence-electron chi connectivity index (χ3n) is 1.09. The van der Waals surface area contributed by atoms with E-state index in [0.717, 1.165) is 6.54 Å². The highest BCUT2D eigenvalue weighted by atomic mass is 16.5. The second-order valence-electron chi connectivity index (χ2n) is 2.37. The van der Waals surface area contributed by atoms with Crippen LogP contribution in [0, 0.1) is 6.92 Å². The lowest BCUT2D eigenvalue weighted by Crippen LogP contribution is -2.31. The topological polar surface area (TPSA) is 47.3 Å². The van der Waals surface area contributed by atoms with Gasteiger partial charge in [0.15, 0.2) is 6.35 Å². The Bertz CT molecular complexity index is 92.4. The minimum Gasteiger partial charge on any atom is -0.343 e. The van der Waals surface area contributed by atoms with Gasteiger partial charge in [-0.25, -0.2) is 0 Å². The van der Waals surface area contributed by atoms with Crippen molar-refractivity contribution in [3.8, 4) is 0 Å². The molecule has 0 aliphatic carbocycles. The summed E-state index contributed by atoms with van der Waals surface area (Å²) in [6.07, 6.45) is -0.322. The van der Waals surface area contributed by atoms with Crippen LogP contribution in [-0.4, -0.2) is 18.5 Å². The fourth-order valence-corrected chi connectivity index (χ4v) is 0.706. The molecule has 8 heavy (non-hydrogen) atoms. The van der Waals surface area contributed by atoms with Gasteiger partial charge in [0.25, 0.3) is 0 Å². The van der Waals surface area contributed by atoms with E-state index in [2.05, 4.69) is 12.2 Å². The first kappa shape index (κ1) is 6.01. The predicted molar refractivity (Wildman–Crippen MR) is 30.8 cm³/mol. The summed E-state index contributed by atoms with van der Waals surface area (Å²) in [7, 11) is 0. The van der Waals surface area contributed by atoms with E-state index in [1.807, 2.05) is 6.92 Å². The molecule has 1 heterocycles. The van der Waals surface area contributed by atoms with Crippen molar-refractivity contribution in [2.75, 3.05) is 6.54 Å². The summed E-state index contributed by atoms with van der Waals surface area (Å²) in [6, 6.07) is 0. The summed E-state index contributed by atoms with van der Waals surface area (Å²) < 4.78 is 5.10. The fourth-order valence-electron chi connectivity index (χ4n) is 0.706. The fraction of sp³-hybridized carbons (Fsp3) is 0.800. The zero-order valence-corrected chi connectivity index (χ0v) is 4.98. The molecule has 0 bridgehead atoms. The summed E-state index contributed by atoms with van der Waals surface area (Å²) in [6.45, 7) is 6.38. The maximum atomic E-state index is 5.34. The van der Waals surface area contributed by atoms with Crippen LogP contribution >= 0.6 is 0 Å². The Labute approximate surface area is 49.2 Å². The molecule has 0 aromatic rings. The average molecular weight is 115 g/mol. The maximum absolute atomic E-state index is 5.34. The van der Waals surface area contributed by atoms with Crippen LogP contribution in [0.3, 0.4) is 0 Å². The second-order valence-corrected chi connectivity index (χ2v) is 2.37. The van der Waals surface area contributed by atoms with E-state index in [0.29, 0.717) is 0 Å². The van der Waals surface area contributed by atoms with Crippen molar-refractivity contribution in [2.24, 2.45) is 5.73 Å². The molecule has 2 unspecified atom stereocenters. The molecular weight excluding hydrogens is 104 g/mol. The molecule has 1 aliphatic heterocycles. The Hall–Kier alpha value is -0.120. The highest BCUT2D eigenvalue weighted by molar-refractivity contribution is 4.86. The molecule has 0 spiro atoms. The molecule has 2 atom stereocenters. The Balaban J connectivity index is 2.44. The van der Waals surface area contributed by atoms with E-state index < -0.39 is 0 Å². The smallest absolute Gasteiger partial charge is 0.161 e. The van der Waals surface area contributed by atoms with Crippen LogP contribution in [0.4, 0.5) is 0 Å². The molecule has 0 aromatic carbocycles. The third kappa shape index (κ3) is 1.18. The van der Waals surface area contributed by atoms with E-state index in [1.165, 1.54) is 0 Å². The molecule has 0 saturated carbocycles. The van der Waals surface area contributed by atoms with Crippen molar-refractivity contribution in [1.82, 2.24) is 5.32 Å². The second kappa shape index (κ2) is 1.69. The van der Waals surface area contributed by atoms with Crippen molar-refractivity contribution in [1.29, 1.82) is 0 Å². The van der Waals surface area contributed by atoms with Gasteiger partial charge in [-0.3, -0.25) is 11.1 Å². The zero-order valence-electron chi connectivity index (χ0n) is 4.98. The van der Waals surface area contributed by atoms with Crippen LogP contribution in [0.25, 0.3) is 0 Å². The molecule has 0 aromatic heterocycles. The van der Waals surface area contributed by atoms with Crippen LogP contribution in [0.1, 0.15) is 6.92 Å². The molecular formula is C5H11N2O. The maximum Gasteiger partial charge on any atom is 0.161 e. The molecule has 1 aliphatic rings. The van der Waals surface area contributed by atoms with E-state index in [-0.39, 0.29) is 12.0 Å². The van der Waals surface area contributed by atoms with Gasteiger partial charge in [0, 0.05) is 6.54 Å². The largest absolute Gasteiger partial charge is 0.343 e. The van der Waals surface area contributed by atoms with E-state index >= 15 is 0 Å². The quantitative estimate of drug-likeness (QED) is 0.445. The van der Waals surface area contributed by atoms with Gasteiger partial charge < -0.3 is 4.74 Å². The number of hydrogen-bond donors (Lipinski definition) is 2. The Morgan fingerprint density at radius 3 is 2.75 bits per heavy atom. The van der Waals surface area contributed by atoms with Gasteiger partial charge in [-0.2, -0.15) is 0 Å². The van der Waals surface area contributed by atoms with Crippen molar-refractivity contribution in [3.63, 3.8) is 0 Å². The molecule has 3 nitrogen and oxygen atoms in total. The Morgan fingerprint density at radius 2 is 2.62 bits per heavy atom. The summed E-state index contributed by atoms with van der Waals surface area (Å²) in [5.41, 5.74) is 5.02. The number of hydrogen-bond acceptors (Lipinski definition) is 3. The standard InChI is InChI=1S/C5H11N2O/c1-5(2)3-7-4(6)8-5/h4,7H,1,3,6H2,2H3. The van der Waals surface area contributed by atoms with Crippen LogP contribution in [0.5, 0.6) is 0 Å². The van der Waals surface area contributed by atoms with E-state index in [1.54, 1.807) is 0 Å². The molecule has 0 amide bonds. The van der Waals surface area contributed by atoms with Crippen LogP contribution in [-0.2, 0) is 4.74 Å². The van der Waals surface area contributed by atoms with Crippen LogP contribution in [0.15, 0.2) is 0 Å². The highest BCUT2D eigenvalue weighted by Crippen LogP contribution is 2.12. The number of ether oxygens (including phenoxy) is 1. The molecule has 1 fully saturated rings. The highest BCUT2D eigenvalue weighted by Gasteiger charge is 2.28. The van der Waals surface area contributed by atoms with Gasteiger partial charge >= 0.3 is 0 Å². The molecule has 1 radical (unpaired) electrons. The average Bonchev–Trinajstić information content (AvgIpc) is 1.82. The summed E-state index contributed by atoms with van der Waals surface area (Å²) in [4.78, 5) is 0.